The predicted molar refractivity (Wildman–Crippen MR) is 62.9 cm³/mol. The maximum Gasteiger partial charge on any atom is 0.341 e. The molecule has 1 aromatic heterocycles. The van der Waals surface area contributed by atoms with E-state index in [1.165, 1.54) is 19.5 Å². The maximum atomic E-state index is 11.2. The number of carbonyl (C=O) groups excluding carboxylic acids is 1. The van der Waals surface area contributed by atoms with E-state index in [0.717, 1.165) is 25.9 Å². The number of rotatable bonds is 3. The Morgan fingerprint density at radius 1 is 1.41 bits per heavy atom. The van der Waals surface area contributed by atoms with Crippen molar-refractivity contribution in [3.05, 3.63) is 18.0 Å². The van der Waals surface area contributed by atoms with E-state index in [4.69, 9.17) is 0 Å². The molecule has 17 heavy (non-hydrogen) atoms. The van der Waals surface area contributed by atoms with Gasteiger partial charge in [-0.05, 0) is 25.9 Å². The lowest BCUT2D eigenvalue weighted by atomic mass is 10.1. The van der Waals surface area contributed by atoms with Gasteiger partial charge in [0.15, 0.2) is 0 Å². The fourth-order valence-electron chi connectivity index (χ4n) is 1.77. The smallest absolute Gasteiger partial charge is 0.341 e. The standard InChI is InChI=1S/C11H16N4O2/c1-17-10(16)8-6-13-11(14-7-8)15-9-2-4-12-5-3-9/h6-7,9,12H,2-5H2,1H3,(H,13,14,15). The summed E-state index contributed by atoms with van der Waals surface area (Å²) in [7, 11) is 1.34. The number of nitrogens with one attached hydrogen (secondary N) is 2. The minimum absolute atomic E-state index is 0.364. The maximum absolute atomic E-state index is 11.2. The van der Waals surface area contributed by atoms with Crippen LogP contribution in [0.3, 0.4) is 0 Å². The average molecular weight is 236 g/mol. The van der Waals surface area contributed by atoms with Gasteiger partial charge in [0, 0.05) is 18.4 Å². The zero-order valence-corrected chi connectivity index (χ0v) is 9.77. The summed E-state index contributed by atoms with van der Waals surface area (Å²) in [6.07, 6.45) is 5.06. The molecule has 0 radical (unpaired) electrons. The lowest BCUT2D eigenvalue weighted by Crippen LogP contribution is -2.35. The summed E-state index contributed by atoms with van der Waals surface area (Å²) in [5.41, 5.74) is 0.364. The number of carbonyl (C=O) groups is 1. The van der Waals surface area contributed by atoms with Gasteiger partial charge in [-0.1, -0.05) is 0 Å². The second-order valence-corrected chi connectivity index (χ2v) is 3.96. The average Bonchev–Trinajstić information content (AvgIpc) is 2.40. The summed E-state index contributed by atoms with van der Waals surface area (Å²) in [6, 6.07) is 0.403. The molecule has 1 saturated heterocycles. The minimum Gasteiger partial charge on any atom is -0.465 e. The van der Waals surface area contributed by atoms with Gasteiger partial charge < -0.3 is 15.4 Å². The third-order valence-corrected chi connectivity index (χ3v) is 2.75. The van der Waals surface area contributed by atoms with Crippen molar-refractivity contribution in [2.45, 2.75) is 18.9 Å². The molecular weight excluding hydrogens is 220 g/mol. The Morgan fingerprint density at radius 3 is 2.65 bits per heavy atom. The van der Waals surface area contributed by atoms with Crippen LogP contribution in [-0.4, -0.2) is 42.2 Å². The number of esters is 1. The predicted octanol–water partition coefficient (Wildman–Crippen LogP) is 0.427. The molecule has 6 nitrogen and oxygen atoms in total. The molecule has 0 saturated carbocycles. The third kappa shape index (κ3) is 3.13. The van der Waals surface area contributed by atoms with Crippen LogP contribution in [0.5, 0.6) is 0 Å². The first-order valence-electron chi connectivity index (χ1n) is 5.67. The number of piperidine rings is 1. The molecule has 1 aliphatic rings. The van der Waals surface area contributed by atoms with Gasteiger partial charge in [-0.15, -0.1) is 0 Å². The molecule has 0 bridgehead atoms. The summed E-state index contributed by atoms with van der Waals surface area (Å²) in [5.74, 6) is 0.142. The molecule has 1 aliphatic heterocycles. The van der Waals surface area contributed by atoms with Crippen molar-refractivity contribution in [3.63, 3.8) is 0 Å². The van der Waals surface area contributed by atoms with Crippen LogP contribution in [-0.2, 0) is 4.74 Å². The van der Waals surface area contributed by atoms with Gasteiger partial charge in [-0.3, -0.25) is 0 Å². The van der Waals surface area contributed by atoms with E-state index in [0.29, 0.717) is 17.6 Å². The van der Waals surface area contributed by atoms with Gasteiger partial charge >= 0.3 is 5.97 Å². The first-order chi connectivity index (χ1) is 8.29. The Kier molecular flexibility index (Phi) is 3.87. The Labute approximate surface area is 99.8 Å². The molecule has 2 N–H and O–H groups in total. The number of hydrogen-bond acceptors (Lipinski definition) is 6. The molecule has 0 aromatic carbocycles. The van der Waals surface area contributed by atoms with E-state index in [1.807, 2.05) is 0 Å². The lowest BCUT2D eigenvalue weighted by molar-refractivity contribution is 0.0600. The molecule has 2 heterocycles. The van der Waals surface area contributed by atoms with Gasteiger partial charge in [-0.2, -0.15) is 0 Å². The van der Waals surface area contributed by atoms with Crippen molar-refractivity contribution in [3.8, 4) is 0 Å². The van der Waals surface area contributed by atoms with Gasteiger partial charge in [0.2, 0.25) is 5.95 Å². The summed E-state index contributed by atoms with van der Waals surface area (Å²) in [4.78, 5) is 19.4. The summed E-state index contributed by atoms with van der Waals surface area (Å²) in [5, 5.41) is 6.54. The Hall–Kier alpha value is -1.69. The molecule has 0 atom stereocenters. The Morgan fingerprint density at radius 2 is 2.06 bits per heavy atom. The zero-order chi connectivity index (χ0) is 12.1. The van der Waals surface area contributed by atoms with Gasteiger partial charge in [0.05, 0.1) is 12.7 Å². The number of ether oxygens (including phenoxy) is 1. The molecule has 0 spiro atoms. The topological polar surface area (TPSA) is 76.1 Å². The second kappa shape index (κ2) is 5.58. The van der Waals surface area contributed by atoms with Crippen LogP contribution >= 0.6 is 0 Å². The van der Waals surface area contributed by atoms with Crippen molar-refractivity contribution in [2.75, 3.05) is 25.5 Å². The van der Waals surface area contributed by atoms with Crippen LogP contribution in [0.1, 0.15) is 23.2 Å². The van der Waals surface area contributed by atoms with E-state index in [2.05, 4.69) is 25.3 Å². The molecule has 1 fully saturated rings. The van der Waals surface area contributed by atoms with Gasteiger partial charge in [-0.25, -0.2) is 14.8 Å². The molecule has 0 amide bonds. The largest absolute Gasteiger partial charge is 0.465 e. The van der Waals surface area contributed by atoms with Crippen LogP contribution in [0.4, 0.5) is 5.95 Å². The monoisotopic (exact) mass is 236 g/mol. The number of methoxy groups -OCH3 is 1. The fourth-order valence-corrected chi connectivity index (χ4v) is 1.77. The van der Waals surface area contributed by atoms with E-state index in [9.17, 15) is 4.79 Å². The highest BCUT2D eigenvalue weighted by molar-refractivity contribution is 5.88. The summed E-state index contributed by atoms with van der Waals surface area (Å²) >= 11 is 0. The number of aromatic nitrogens is 2. The van der Waals surface area contributed by atoms with Crippen molar-refractivity contribution < 1.29 is 9.53 Å². The number of anilines is 1. The van der Waals surface area contributed by atoms with Crippen molar-refractivity contribution >= 4 is 11.9 Å². The Balaban J connectivity index is 1.95. The lowest BCUT2D eigenvalue weighted by Gasteiger charge is -2.23. The van der Waals surface area contributed by atoms with E-state index in [-0.39, 0.29) is 0 Å². The molecule has 0 unspecified atom stereocenters. The van der Waals surface area contributed by atoms with Crippen molar-refractivity contribution in [1.29, 1.82) is 0 Å². The molecule has 1 aromatic rings. The molecule has 2 rings (SSSR count). The van der Waals surface area contributed by atoms with Gasteiger partial charge in [0.25, 0.3) is 0 Å². The SMILES string of the molecule is COC(=O)c1cnc(NC2CCNCC2)nc1. The van der Waals surface area contributed by atoms with Crippen LogP contribution in [0.2, 0.25) is 0 Å². The third-order valence-electron chi connectivity index (χ3n) is 2.75. The highest BCUT2D eigenvalue weighted by Crippen LogP contribution is 2.09. The fraction of sp³-hybridized carbons (Fsp3) is 0.545. The summed E-state index contributed by atoms with van der Waals surface area (Å²) in [6.45, 7) is 2.02. The number of hydrogen-bond donors (Lipinski definition) is 2. The first-order valence-corrected chi connectivity index (χ1v) is 5.67. The zero-order valence-electron chi connectivity index (χ0n) is 9.77. The van der Waals surface area contributed by atoms with E-state index >= 15 is 0 Å². The Bertz CT molecular complexity index is 374. The highest BCUT2D eigenvalue weighted by Gasteiger charge is 2.14. The molecule has 6 heteroatoms. The minimum atomic E-state index is -0.418. The second-order valence-electron chi connectivity index (χ2n) is 3.96. The highest BCUT2D eigenvalue weighted by atomic mass is 16.5. The van der Waals surface area contributed by atoms with Crippen LogP contribution < -0.4 is 10.6 Å². The van der Waals surface area contributed by atoms with Crippen LogP contribution in [0, 0.1) is 0 Å². The van der Waals surface area contributed by atoms with E-state index < -0.39 is 5.97 Å². The van der Waals surface area contributed by atoms with Crippen LogP contribution in [0.25, 0.3) is 0 Å². The van der Waals surface area contributed by atoms with Crippen molar-refractivity contribution in [2.24, 2.45) is 0 Å². The van der Waals surface area contributed by atoms with Crippen molar-refractivity contribution in [1.82, 2.24) is 15.3 Å². The van der Waals surface area contributed by atoms with Gasteiger partial charge in [0.1, 0.15) is 0 Å². The number of nitrogens with zero attached hydrogens (tertiary/aromatic N) is 2. The first kappa shape index (κ1) is 11.8. The quantitative estimate of drug-likeness (QED) is 0.741. The molecular formula is C11H16N4O2. The van der Waals surface area contributed by atoms with Crippen LogP contribution in [0.15, 0.2) is 12.4 Å². The summed E-state index contributed by atoms with van der Waals surface area (Å²) < 4.78 is 4.58. The molecule has 92 valence electrons. The normalized spacial score (nSPS) is 16.5. The van der Waals surface area contributed by atoms with E-state index in [1.54, 1.807) is 0 Å². The molecule has 0 aliphatic carbocycles.